The number of aliphatic hydroxyl groups excluding tert-OH is 1. The number of fused-ring (bicyclic) bond motifs is 1. The number of hydrogen-bond donors (Lipinski definition) is 2. The van der Waals surface area contributed by atoms with Gasteiger partial charge >= 0.3 is 0 Å². The maximum atomic E-state index is 9.15. The number of rotatable bonds is 2. The van der Waals surface area contributed by atoms with Gasteiger partial charge in [0.15, 0.2) is 11.5 Å². The minimum atomic E-state index is -0.455. The van der Waals surface area contributed by atoms with Crippen LogP contribution in [0, 0.1) is 0 Å². The van der Waals surface area contributed by atoms with Gasteiger partial charge in [-0.3, -0.25) is 0 Å². The Morgan fingerprint density at radius 2 is 1.89 bits per heavy atom. The Morgan fingerprint density at radius 1 is 1.28 bits per heavy atom. The number of aliphatic hydroxyl groups is 1. The lowest BCUT2D eigenvalue weighted by Crippen LogP contribution is -2.34. The third-order valence-corrected chi connectivity index (χ3v) is 4.30. The van der Waals surface area contributed by atoms with Crippen molar-refractivity contribution in [1.82, 2.24) is 0 Å². The van der Waals surface area contributed by atoms with Crippen LogP contribution in [0.1, 0.15) is 37.3 Å². The maximum Gasteiger partial charge on any atom is 0.251 e. The van der Waals surface area contributed by atoms with Crippen molar-refractivity contribution in [3.63, 3.8) is 0 Å². The molecule has 0 radical (unpaired) electrons. The first kappa shape index (κ1) is 12.3. The fourth-order valence-corrected chi connectivity index (χ4v) is 3.25. The fourth-order valence-electron chi connectivity index (χ4n) is 2.63. The van der Waals surface area contributed by atoms with Crippen LogP contribution in [0.4, 0.5) is 0 Å². The summed E-state index contributed by atoms with van der Waals surface area (Å²) in [6.07, 6.45) is 4.14. The van der Waals surface area contributed by atoms with Crippen molar-refractivity contribution in [3.05, 3.63) is 22.2 Å². The molecule has 4 nitrogen and oxygen atoms in total. The van der Waals surface area contributed by atoms with Crippen molar-refractivity contribution in [3.8, 4) is 11.5 Å². The van der Waals surface area contributed by atoms with Crippen LogP contribution in [0.25, 0.3) is 0 Å². The van der Waals surface area contributed by atoms with Crippen LogP contribution >= 0.6 is 15.9 Å². The molecule has 1 aliphatic heterocycles. The second-order valence-electron chi connectivity index (χ2n) is 4.93. The number of hydrogen-bond acceptors (Lipinski definition) is 4. The standard InChI is InChI=1S/C13H16BrNO3/c14-9-6-12-11(5-8(9)10(15)7-16)17-13(18-12)3-1-2-4-13/h5-6,10,16H,1-4,7,15H2. The molecule has 3 N–H and O–H groups in total. The van der Waals surface area contributed by atoms with Crippen LogP contribution in [0.3, 0.4) is 0 Å². The molecule has 98 valence electrons. The van der Waals surface area contributed by atoms with Gasteiger partial charge in [-0.05, 0) is 30.5 Å². The van der Waals surface area contributed by atoms with Gasteiger partial charge in [0, 0.05) is 17.3 Å². The SMILES string of the molecule is NC(CO)c1cc2c(cc1Br)OC1(CCCC1)O2. The molecule has 1 aromatic carbocycles. The number of ether oxygens (including phenoxy) is 2. The Morgan fingerprint density at radius 3 is 2.50 bits per heavy atom. The molecule has 2 aliphatic rings. The highest BCUT2D eigenvalue weighted by atomic mass is 79.9. The highest BCUT2D eigenvalue weighted by molar-refractivity contribution is 9.10. The summed E-state index contributed by atoms with van der Waals surface area (Å²) in [5.74, 6) is 1.04. The molecule has 5 heteroatoms. The van der Waals surface area contributed by atoms with E-state index < -0.39 is 11.8 Å². The van der Waals surface area contributed by atoms with Crippen molar-refractivity contribution in [2.75, 3.05) is 6.61 Å². The van der Waals surface area contributed by atoms with Crippen molar-refractivity contribution in [2.24, 2.45) is 5.73 Å². The lowest BCUT2D eigenvalue weighted by molar-refractivity contribution is -0.0716. The summed E-state index contributed by atoms with van der Waals surface area (Å²) in [6, 6.07) is 3.34. The topological polar surface area (TPSA) is 64.7 Å². The fraction of sp³-hybridized carbons (Fsp3) is 0.538. The monoisotopic (exact) mass is 313 g/mol. The number of halogens is 1. The van der Waals surface area contributed by atoms with E-state index >= 15 is 0 Å². The first-order valence-corrected chi connectivity index (χ1v) is 7.01. The van der Waals surface area contributed by atoms with Crippen LogP contribution in [0.2, 0.25) is 0 Å². The van der Waals surface area contributed by atoms with Gasteiger partial charge in [-0.2, -0.15) is 0 Å². The molecule has 3 rings (SSSR count). The molecule has 1 heterocycles. The molecular weight excluding hydrogens is 298 g/mol. The van der Waals surface area contributed by atoms with E-state index in [1.165, 1.54) is 0 Å². The zero-order valence-electron chi connectivity index (χ0n) is 9.99. The molecule has 1 unspecified atom stereocenters. The average molecular weight is 314 g/mol. The average Bonchev–Trinajstić information content (AvgIpc) is 2.94. The van der Waals surface area contributed by atoms with Crippen molar-refractivity contribution < 1.29 is 14.6 Å². The molecule has 1 saturated carbocycles. The smallest absolute Gasteiger partial charge is 0.251 e. The third-order valence-electron chi connectivity index (χ3n) is 3.62. The van der Waals surface area contributed by atoms with E-state index in [0.717, 1.165) is 47.2 Å². The molecule has 0 bridgehead atoms. The number of benzene rings is 1. The quantitative estimate of drug-likeness (QED) is 0.880. The van der Waals surface area contributed by atoms with Gasteiger partial charge in [0.1, 0.15) is 0 Å². The molecule has 1 fully saturated rings. The molecular formula is C13H16BrNO3. The van der Waals surface area contributed by atoms with Crippen molar-refractivity contribution in [2.45, 2.75) is 37.5 Å². The minimum absolute atomic E-state index is 0.0939. The first-order chi connectivity index (χ1) is 8.63. The Balaban J connectivity index is 1.94. The van der Waals surface area contributed by atoms with Gasteiger partial charge < -0.3 is 20.3 Å². The Bertz CT molecular complexity index is 472. The molecule has 0 amide bonds. The molecule has 18 heavy (non-hydrogen) atoms. The second-order valence-corrected chi connectivity index (χ2v) is 5.79. The van der Waals surface area contributed by atoms with Crippen LogP contribution in [0.5, 0.6) is 11.5 Å². The van der Waals surface area contributed by atoms with Gasteiger partial charge in [0.25, 0.3) is 5.79 Å². The largest absolute Gasteiger partial charge is 0.448 e. The normalized spacial score (nSPS) is 21.5. The van der Waals surface area contributed by atoms with Gasteiger partial charge in [-0.1, -0.05) is 15.9 Å². The third kappa shape index (κ3) is 1.90. The highest BCUT2D eigenvalue weighted by Gasteiger charge is 2.44. The van der Waals surface area contributed by atoms with E-state index in [0.29, 0.717) is 0 Å². The van der Waals surface area contributed by atoms with E-state index in [2.05, 4.69) is 15.9 Å². The van der Waals surface area contributed by atoms with E-state index in [4.69, 9.17) is 20.3 Å². The van der Waals surface area contributed by atoms with E-state index in [9.17, 15) is 0 Å². The minimum Gasteiger partial charge on any atom is -0.448 e. The van der Waals surface area contributed by atoms with Gasteiger partial charge in [0.2, 0.25) is 0 Å². The zero-order chi connectivity index (χ0) is 12.8. The zero-order valence-corrected chi connectivity index (χ0v) is 11.6. The number of nitrogens with two attached hydrogens (primary N) is 1. The van der Waals surface area contributed by atoms with Crippen LogP contribution in [-0.4, -0.2) is 17.5 Å². The second kappa shape index (κ2) is 4.40. The Labute approximate surface area is 114 Å². The van der Waals surface area contributed by atoms with E-state index in [-0.39, 0.29) is 6.61 Å². The predicted octanol–water partition coefficient (Wildman–Crippen LogP) is 2.48. The van der Waals surface area contributed by atoms with Gasteiger partial charge in [0.05, 0.1) is 12.6 Å². The summed E-state index contributed by atoms with van der Waals surface area (Å²) in [5.41, 5.74) is 6.70. The molecule has 1 atom stereocenters. The first-order valence-electron chi connectivity index (χ1n) is 6.21. The summed E-state index contributed by atoms with van der Waals surface area (Å²) >= 11 is 3.46. The van der Waals surface area contributed by atoms with E-state index in [1.54, 1.807) is 0 Å². The Kier molecular flexibility index (Phi) is 3.00. The van der Waals surface area contributed by atoms with Crippen molar-refractivity contribution in [1.29, 1.82) is 0 Å². The summed E-state index contributed by atoms with van der Waals surface area (Å²) in [5, 5.41) is 9.15. The van der Waals surface area contributed by atoms with Gasteiger partial charge in [-0.25, -0.2) is 0 Å². The van der Waals surface area contributed by atoms with Crippen LogP contribution in [0.15, 0.2) is 16.6 Å². The van der Waals surface area contributed by atoms with E-state index in [1.807, 2.05) is 12.1 Å². The maximum absolute atomic E-state index is 9.15. The predicted molar refractivity (Wildman–Crippen MR) is 70.6 cm³/mol. The molecule has 1 spiro atoms. The molecule has 0 saturated heterocycles. The highest BCUT2D eigenvalue weighted by Crippen LogP contribution is 2.48. The summed E-state index contributed by atoms with van der Waals surface area (Å²) in [6.45, 7) is -0.0939. The molecule has 0 aromatic heterocycles. The summed E-state index contributed by atoms with van der Waals surface area (Å²) < 4.78 is 12.8. The lowest BCUT2D eigenvalue weighted by atomic mass is 10.1. The summed E-state index contributed by atoms with van der Waals surface area (Å²) in [7, 11) is 0. The Hall–Kier alpha value is -0.780. The van der Waals surface area contributed by atoms with Crippen LogP contribution < -0.4 is 15.2 Å². The molecule has 1 aromatic rings. The lowest BCUT2D eigenvalue weighted by Gasteiger charge is -2.21. The molecule has 1 aliphatic carbocycles. The van der Waals surface area contributed by atoms with Crippen LogP contribution in [-0.2, 0) is 0 Å². The van der Waals surface area contributed by atoms with Crippen molar-refractivity contribution >= 4 is 15.9 Å². The summed E-state index contributed by atoms with van der Waals surface area (Å²) in [4.78, 5) is 0. The van der Waals surface area contributed by atoms with Gasteiger partial charge in [-0.15, -0.1) is 0 Å².